The predicted octanol–water partition coefficient (Wildman–Crippen LogP) is 2.96. The van der Waals surface area contributed by atoms with Crippen LogP contribution in [0.25, 0.3) is 0 Å². The van der Waals surface area contributed by atoms with E-state index in [1.54, 1.807) is 19.3 Å². The fourth-order valence-corrected chi connectivity index (χ4v) is 4.01. The fourth-order valence-electron chi connectivity index (χ4n) is 4.01. The van der Waals surface area contributed by atoms with E-state index in [9.17, 15) is 0 Å². The lowest BCUT2D eigenvalue weighted by molar-refractivity contribution is 0.340. The Balaban J connectivity index is 1.60. The first kappa shape index (κ1) is 9.21. The van der Waals surface area contributed by atoms with Crippen LogP contribution in [0.3, 0.4) is 0 Å². The molecule has 0 radical (unpaired) electrons. The van der Waals surface area contributed by atoms with Gasteiger partial charge in [-0.2, -0.15) is 0 Å². The summed E-state index contributed by atoms with van der Waals surface area (Å²) in [4.78, 5) is 0. The van der Waals surface area contributed by atoms with Crippen LogP contribution in [0, 0.1) is 17.3 Å². The summed E-state index contributed by atoms with van der Waals surface area (Å²) in [5.41, 5.74) is 0.801. The van der Waals surface area contributed by atoms with E-state index in [0.29, 0.717) is 0 Å². The van der Waals surface area contributed by atoms with Crippen molar-refractivity contribution in [3.8, 4) is 0 Å². The first-order valence-corrected chi connectivity index (χ1v) is 6.61. The van der Waals surface area contributed by atoms with Crippen LogP contribution in [0.5, 0.6) is 0 Å². The zero-order valence-corrected chi connectivity index (χ0v) is 9.23. The minimum absolute atomic E-state index is 0.801. The molecule has 1 heterocycles. The van der Waals surface area contributed by atoms with Gasteiger partial charge in [0, 0.05) is 6.54 Å². The molecule has 0 amide bonds. The Labute approximate surface area is 87.7 Å². The maximum Gasteiger partial charge on any atom is 0.00112 e. The molecule has 2 atom stereocenters. The van der Waals surface area contributed by atoms with Gasteiger partial charge in [0.2, 0.25) is 0 Å². The molecule has 0 aromatic rings. The molecule has 1 heteroatoms. The van der Waals surface area contributed by atoms with Gasteiger partial charge < -0.3 is 5.32 Å². The smallest absolute Gasteiger partial charge is 0.00112 e. The van der Waals surface area contributed by atoms with Crippen molar-refractivity contribution < 1.29 is 0 Å². The third kappa shape index (κ3) is 1.50. The van der Waals surface area contributed by atoms with Crippen molar-refractivity contribution in [1.82, 2.24) is 5.32 Å². The maximum absolute atomic E-state index is 3.56. The van der Waals surface area contributed by atoms with Crippen molar-refractivity contribution in [2.45, 2.75) is 51.4 Å². The molecule has 80 valence electrons. The molecule has 0 aromatic carbocycles. The van der Waals surface area contributed by atoms with Gasteiger partial charge in [0.1, 0.15) is 0 Å². The predicted molar refractivity (Wildman–Crippen MR) is 59.2 cm³/mol. The maximum atomic E-state index is 3.56. The van der Waals surface area contributed by atoms with Crippen LogP contribution in [0.1, 0.15) is 51.4 Å². The van der Waals surface area contributed by atoms with Crippen molar-refractivity contribution >= 4 is 0 Å². The molecular weight excluding hydrogens is 170 g/mol. The van der Waals surface area contributed by atoms with Gasteiger partial charge in [-0.15, -0.1) is 0 Å². The molecule has 1 N–H and O–H groups in total. The minimum Gasteiger partial charge on any atom is -0.316 e. The second-order valence-electron chi connectivity index (χ2n) is 5.85. The van der Waals surface area contributed by atoms with Gasteiger partial charge in [0.15, 0.2) is 0 Å². The van der Waals surface area contributed by atoms with E-state index in [0.717, 1.165) is 17.3 Å². The number of nitrogens with one attached hydrogen (secondary N) is 1. The lowest BCUT2D eigenvalue weighted by atomic mass is 9.88. The summed E-state index contributed by atoms with van der Waals surface area (Å²) in [7, 11) is 0. The topological polar surface area (TPSA) is 12.0 Å². The van der Waals surface area contributed by atoms with E-state index in [1.807, 2.05) is 0 Å². The lowest BCUT2D eigenvalue weighted by Crippen LogP contribution is -2.14. The second-order valence-corrected chi connectivity index (χ2v) is 5.85. The highest BCUT2D eigenvalue weighted by atomic mass is 15.0. The van der Waals surface area contributed by atoms with E-state index in [2.05, 4.69) is 5.32 Å². The quantitative estimate of drug-likeness (QED) is 0.631. The van der Waals surface area contributed by atoms with Gasteiger partial charge in [-0.1, -0.05) is 38.5 Å². The Bertz CT molecular complexity index is 195. The van der Waals surface area contributed by atoms with E-state index < -0.39 is 0 Å². The third-order valence-electron chi connectivity index (χ3n) is 5.00. The van der Waals surface area contributed by atoms with Gasteiger partial charge in [0.05, 0.1) is 0 Å². The third-order valence-corrected chi connectivity index (χ3v) is 5.00. The summed E-state index contributed by atoms with van der Waals surface area (Å²) in [6.45, 7) is 2.64. The zero-order valence-electron chi connectivity index (χ0n) is 9.23. The van der Waals surface area contributed by atoms with Crippen LogP contribution in [0.2, 0.25) is 0 Å². The van der Waals surface area contributed by atoms with Crippen molar-refractivity contribution in [2.24, 2.45) is 17.3 Å². The average molecular weight is 193 g/mol. The fraction of sp³-hybridized carbons (Fsp3) is 1.00. The zero-order chi connectivity index (χ0) is 9.43. The number of hydrogen-bond acceptors (Lipinski definition) is 1. The molecule has 1 aliphatic heterocycles. The molecule has 2 unspecified atom stereocenters. The highest BCUT2D eigenvalue weighted by Crippen LogP contribution is 2.61. The van der Waals surface area contributed by atoms with Crippen molar-refractivity contribution in [1.29, 1.82) is 0 Å². The molecule has 3 aliphatic rings. The monoisotopic (exact) mass is 193 g/mol. The standard InChI is InChI=1S/C13H23N/c1-2-4-6-11(5-3-1)12-9-13(12)7-8-14-10-13/h11-12,14H,1-10H2. The Hall–Kier alpha value is -0.0400. The van der Waals surface area contributed by atoms with Crippen molar-refractivity contribution in [2.75, 3.05) is 13.1 Å². The second kappa shape index (κ2) is 3.52. The first-order chi connectivity index (χ1) is 6.91. The van der Waals surface area contributed by atoms with Crippen LogP contribution in [-0.2, 0) is 0 Å². The summed E-state index contributed by atoms with van der Waals surface area (Å²) < 4.78 is 0. The molecule has 2 aliphatic carbocycles. The Morgan fingerprint density at radius 1 is 1.00 bits per heavy atom. The minimum atomic E-state index is 0.801. The van der Waals surface area contributed by atoms with Crippen LogP contribution in [-0.4, -0.2) is 13.1 Å². The van der Waals surface area contributed by atoms with E-state index in [1.165, 1.54) is 45.2 Å². The van der Waals surface area contributed by atoms with E-state index >= 15 is 0 Å². The first-order valence-electron chi connectivity index (χ1n) is 6.61. The average Bonchev–Trinajstić information content (AvgIpc) is 2.77. The van der Waals surface area contributed by atoms with Gasteiger partial charge in [0.25, 0.3) is 0 Å². The summed E-state index contributed by atoms with van der Waals surface area (Å²) >= 11 is 0. The molecule has 1 nitrogen and oxygen atoms in total. The normalized spacial score (nSPS) is 44.1. The van der Waals surface area contributed by atoms with Gasteiger partial charge >= 0.3 is 0 Å². The largest absolute Gasteiger partial charge is 0.316 e. The van der Waals surface area contributed by atoms with Gasteiger partial charge in [-0.25, -0.2) is 0 Å². The summed E-state index contributed by atoms with van der Waals surface area (Å²) in [6, 6.07) is 0. The van der Waals surface area contributed by atoms with Gasteiger partial charge in [-0.3, -0.25) is 0 Å². The Morgan fingerprint density at radius 3 is 2.43 bits per heavy atom. The van der Waals surface area contributed by atoms with Crippen LogP contribution in [0.15, 0.2) is 0 Å². The Kier molecular flexibility index (Phi) is 2.31. The van der Waals surface area contributed by atoms with Crippen molar-refractivity contribution in [3.63, 3.8) is 0 Å². The van der Waals surface area contributed by atoms with Crippen LogP contribution >= 0.6 is 0 Å². The van der Waals surface area contributed by atoms with Crippen LogP contribution in [0.4, 0.5) is 0 Å². The molecule has 1 saturated heterocycles. The summed E-state index contributed by atoms with van der Waals surface area (Å²) in [5, 5.41) is 3.56. The molecule has 14 heavy (non-hydrogen) atoms. The van der Waals surface area contributed by atoms with Crippen molar-refractivity contribution in [3.05, 3.63) is 0 Å². The highest BCUT2D eigenvalue weighted by Gasteiger charge is 2.57. The molecule has 3 rings (SSSR count). The van der Waals surface area contributed by atoms with Crippen LogP contribution < -0.4 is 5.32 Å². The SMILES string of the molecule is C1CCCC(C2CC23CCNC3)CC1. The molecule has 1 spiro atoms. The van der Waals surface area contributed by atoms with Gasteiger partial charge in [-0.05, 0) is 36.6 Å². The molecule has 2 saturated carbocycles. The molecule has 3 fully saturated rings. The highest BCUT2D eigenvalue weighted by molar-refractivity contribution is 5.09. The number of rotatable bonds is 1. The molecule has 0 aromatic heterocycles. The summed E-state index contributed by atoms with van der Waals surface area (Å²) in [6.07, 6.45) is 12.2. The summed E-state index contributed by atoms with van der Waals surface area (Å²) in [5.74, 6) is 2.23. The Morgan fingerprint density at radius 2 is 1.79 bits per heavy atom. The molecular formula is C13H23N. The van der Waals surface area contributed by atoms with E-state index in [-0.39, 0.29) is 0 Å². The van der Waals surface area contributed by atoms with E-state index in [4.69, 9.17) is 0 Å². The lowest BCUT2D eigenvalue weighted by Gasteiger charge is -2.17. The number of hydrogen-bond donors (Lipinski definition) is 1. The molecule has 0 bridgehead atoms.